The lowest BCUT2D eigenvalue weighted by Gasteiger charge is -2.47. The predicted molar refractivity (Wildman–Crippen MR) is 298 cm³/mol. The number of methoxy groups -OCH3 is 2. The van der Waals surface area contributed by atoms with Crippen LogP contribution in [0.3, 0.4) is 0 Å². The van der Waals surface area contributed by atoms with E-state index in [1.807, 2.05) is 6.08 Å². The molecule has 0 aromatic rings. The fourth-order valence-corrected chi connectivity index (χ4v) is 22.7. The Morgan fingerprint density at radius 2 is 1.35 bits per heavy atom. The molecule has 5 unspecified atom stereocenters. The summed E-state index contributed by atoms with van der Waals surface area (Å²) in [5, 5.41) is 0. The molecule has 6 bridgehead atoms. The van der Waals surface area contributed by atoms with E-state index in [0.717, 1.165) is 97.6 Å². The summed E-state index contributed by atoms with van der Waals surface area (Å²) in [6.07, 6.45) is 7.09. The minimum atomic E-state index is -2.01. The van der Waals surface area contributed by atoms with Gasteiger partial charge in [-0.1, -0.05) is 88.5 Å². The number of carbonyl (C=O) groups excluding carboxylic acids is 1. The van der Waals surface area contributed by atoms with E-state index in [0.29, 0.717) is 38.7 Å². The van der Waals surface area contributed by atoms with Crippen molar-refractivity contribution in [3.63, 3.8) is 0 Å². The van der Waals surface area contributed by atoms with Crippen LogP contribution in [0.2, 0.25) is 54.4 Å². The molecular weight excluding hydrogens is 989 g/mol. The van der Waals surface area contributed by atoms with E-state index in [4.69, 9.17) is 55.9 Å². The molecule has 0 aromatic heterocycles. The van der Waals surface area contributed by atoms with Crippen molar-refractivity contribution in [2.75, 3.05) is 20.8 Å². The second-order valence-corrected chi connectivity index (χ2v) is 37.7. The summed E-state index contributed by atoms with van der Waals surface area (Å²) in [5.41, 5.74) is 2.21. The number of carbonyl (C=O) groups is 1. The summed E-state index contributed by atoms with van der Waals surface area (Å²) in [6.45, 7) is 36.5. The molecule has 0 spiro atoms. The minimum absolute atomic E-state index is 0.0147. The number of hydrogen-bond acceptors (Lipinski definition) is 13. The molecule has 0 amide bonds. The fourth-order valence-electron chi connectivity index (χ4n) is 14.3. The van der Waals surface area contributed by atoms with Gasteiger partial charge in [-0.05, 0) is 110 Å². The van der Waals surface area contributed by atoms with Crippen molar-refractivity contribution in [2.24, 2.45) is 11.8 Å². The number of rotatable bonds is 31. The molecule has 0 N–H and O–H groups in total. The largest absolute Gasteiger partial charge is 0.469 e. The van der Waals surface area contributed by atoms with Gasteiger partial charge in [0.15, 0.2) is 30.7 Å². The van der Waals surface area contributed by atoms with Gasteiger partial charge in [-0.3, -0.25) is 4.79 Å². The summed E-state index contributed by atoms with van der Waals surface area (Å²) in [6, 6.07) is 9.55. The van der Waals surface area contributed by atoms with Gasteiger partial charge in [-0.2, -0.15) is 0 Å². The molecule has 424 valence electrons. The summed E-state index contributed by atoms with van der Waals surface area (Å²) < 4.78 is 81.7. The van der Waals surface area contributed by atoms with Crippen molar-refractivity contribution in [1.82, 2.24) is 0 Å². The van der Waals surface area contributed by atoms with Crippen LogP contribution in [0.15, 0.2) is 37.0 Å². The van der Waals surface area contributed by atoms with Gasteiger partial charge < -0.3 is 55.9 Å². The molecule has 18 atom stereocenters. The molecule has 0 aromatic carbocycles. The fraction of sp³-hybridized carbons (Fsp3) is 0.879. The third-order valence-electron chi connectivity index (χ3n) is 19.9. The average Bonchev–Trinajstić information content (AvgIpc) is 4.10. The minimum Gasteiger partial charge on any atom is -0.469 e. The third-order valence-corrected chi connectivity index (χ3v) is 33.8. The first kappa shape index (κ1) is 60.5. The first-order chi connectivity index (χ1) is 35.5. The Kier molecular flexibility index (Phi) is 21.6. The van der Waals surface area contributed by atoms with E-state index < -0.39 is 30.7 Å². The Labute approximate surface area is 450 Å². The van der Waals surface area contributed by atoms with Crippen molar-refractivity contribution >= 4 is 30.9 Å². The molecule has 13 nitrogen and oxygen atoms in total. The van der Waals surface area contributed by atoms with E-state index in [9.17, 15) is 4.79 Å². The van der Waals surface area contributed by atoms with E-state index >= 15 is 0 Å². The molecule has 74 heavy (non-hydrogen) atoms. The highest BCUT2D eigenvalue weighted by Gasteiger charge is 2.68. The molecule has 8 heterocycles. The Balaban J connectivity index is 0.980. The third kappa shape index (κ3) is 13.1. The van der Waals surface area contributed by atoms with Crippen LogP contribution in [-0.2, 0) is 60.7 Å². The van der Waals surface area contributed by atoms with E-state index in [1.54, 1.807) is 7.11 Å². The quantitative estimate of drug-likeness (QED) is 0.0371. The Morgan fingerprint density at radius 3 is 1.97 bits per heavy atom. The monoisotopic (exact) mass is 1090 g/mol. The maximum absolute atomic E-state index is 13.1. The standard InChI is InChI=1S/C58H102O13Si3/c1-16-26-46-54(71-74(23-8,24-9)25-10)57-56-55(66-46)53-50(67-56)36-58(68-53,69-57)30-29-42-32-39(12)45(63-42)28-27-41-31-38(11)40(13)47(64-41)35-48-44(34-51(59)60-14)52(61-15)49(65-48)33-43(70-73(20-5,21-6)22-7)37-62-72(17-2,18-3)19-4/h16,38,41-50,52-57H,1,12-13,17-37H2,2-11,14-15H3/t38-,41+,42?,43+,44?,45+,46?,47?,48+,49-,50-,52-,53+,54?,55+,56-,57+,58+/m1/s1. The highest BCUT2D eigenvalue weighted by atomic mass is 28.4. The van der Waals surface area contributed by atoms with E-state index in [-0.39, 0.29) is 116 Å². The van der Waals surface area contributed by atoms with Crippen LogP contribution < -0.4 is 0 Å². The number of esters is 1. The second-order valence-electron chi connectivity index (χ2n) is 23.5. The molecule has 0 radical (unpaired) electrons. The summed E-state index contributed by atoms with van der Waals surface area (Å²) >= 11 is 0. The Bertz CT molecular complexity index is 1820. The normalized spacial score (nSPS) is 37.5. The van der Waals surface area contributed by atoms with Crippen LogP contribution in [0, 0.1) is 11.8 Å². The molecular formula is C58H102O13Si3. The summed E-state index contributed by atoms with van der Waals surface area (Å²) in [5.74, 6) is -1.00. The highest BCUT2D eigenvalue weighted by Crippen LogP contribution is 2.54. The highest BCUT2D eigenvalue weighted by molar-refractivity contribution is 6.74. The van der Waals surface area contributed by atoms with Gasteiger partial charge >= 0.3 is 5.97 Å². The molecule has 8 aliphatic rings. The topological polar surface area (TPSA) is 128 Å². The van der Waals surface area contributed by atoms with Crippen molar-refractivity contribution < 1.29 is 60.7 Å². The van der Waals surface area contributed by atoms with Crippen LogP contribution in [0.1, 0.15) is 140 Å². The second kappa shape index (κ2) is 26.4. The summed E-state index contributed by atoms with van der Waals surface area (Å²) in [7, 11) is -2.71. The van der Waals surface area contributed by atoms with E-state index in [2.05, 4.69) is 89.0 Å². The lowest BCUT2D eigenvalue weighted by molar-refractivity contribution is -0.271. The molecule has 8 aliphatic heterocycles. The molecule has 16 heteroatoms. The molecule has 8 rings (SSSR count). The zero-order chi connectivity index (χ0) is 53.6. The maximum Gasteiger partial charge on any atom is 0.305 e. The van der Waals surface area contributed by atoms with Crippen LogP contribution in [0.4, 0.5) is 0 Å². The lowest BCUT2D eigenvalue weighted by Crippen LogP contribution is -2.62. The van der Waals surface area contributed by atoms with Crippen LogP contribution in [0.5, 0.6) is 0 Å². The lowest BCUT2D eigenvalue weighted by atomic mass is 9.82. The van der Waals surface area contributed by atoms with Crippen LogP contribution >= 0.6 is 0 Å². The zero-order valence-corrected chi connectivity index (χ0v) is 51.2. The van der Waals surface area contributed by atoms with Crippen molar-refractivity contribution in [1.29, 1.82) is 0 Å². The van der Waals surface area contributed by atoms with Crippen molar-refractivity contribution in [3.8, 4) is 0 Å². The van der Waals surface area contributed by atoms with Crippen LogP contribution in [-0.4, -0.2) is 149 Å². The van der Waals surface area contributed by atoms with Crippen molar-refractivity contribution in [2.45, 2.75) is 292 Å². The number of ether oxygens (including phenoxy) is 9. The van der Waals surface area contributed by atoms with Crippen molar-refractivity contribution in [3.05, 3.63) is 37.0 Å². The smallest absolute Gasteiger partial charge is 0.305 e. The molecule has 8 fully saturated rings. The SMILES string of the molecule is C=CCC1O[C@H]2[C@H]3O[C@]4(CCC5CC(=C)[C@H](CC[C@H]6C[C@@H](C)C(=C)C(C[C@@H]7O[C@H](C[C@@H](CO[Si](CC)(CC)CC)O[Si](CC)(CC)CC)[C@H](OC)C7CC(=O)OC)O6)O5)C[C@H]3O[C@H]2[C@@H](O4)C1O[Si](CC)(CC)CC. The first-order valence-electron chi connectivity index (χ1n) is 29.7. The Morgan fingerprint density at radius 1 is 0.716 bits per heavy atom. The number of hydrogen-bond donors (Lipinski definition) is 0. The molecule has 0 saturated carbocycles. The van der Waals surface area contributed by atoms with Gasteiger partial charge in [0.25, 0.3) is 0 Å². The zero-order valence-electron chi connectivity index (χ0n) is 48.2. The van der Waals surface area contributed by atoms with Gasteiger partial charge in [0, 0.05) is 38.7 Å². The van der Waals surface area contributed by atoms with Crippen LogP contribution in [0.25, 0.3) is 0 Å². The van der Waals surface area contributed by atoms with Gasteiger partial charge in [0.1, 0.15) is 30.5 Å². The first-order valence-corrected chi connectivity index (χ1v) is 37.3. The molecule has 8 saturated heterocycles. The maximum atomic E-state index is 13.1. The predicted octanol–water partition coefficient (Wildman–Crippen LogP) is 12.1. The summed E-state index contributed by atoms with van der Waals surface area (Å²) in [4.78, 5) is 13.1. The van der Waals surface area contributed by atoms with E-state index in [1.165, 1.54) is 7.11 Å². The van der Waals surface area contributed by atoms with Gasteiger partial charge in [-0.15, -0.1) is 6.58 Å². The van der Waals surface area contributed by atoms with Gasteiger partial charge in [-0.25, -0.2) is 0 Å². The Hall–Kier alpha value is -1.10. The molecule has 0 aliphatic carbocycles. The van der Waals surface area contributed by atoms with Gasteiger partial charge in [0.05, 0.1) is 81.2 Å². The average molecular weight is 1090 g/mol. The van der Waals surface area contributed by atoms with Gasteiger partial charge in [0.2, 0.25) is 0 Å².